The van der Waals surface area contributed by atoms with Crippen molar-refractivity contribution in [3.63, 3.8) is 0 Å². The van der Waals surface area contributed by atoms with Gasteiger partial charge in [-0.3, -0.25) is 9.36 Å². The van der Waals surface area contributed by atoms with Gasteiger partial charge in [0, 0.05) is 41.9 Å². The van der Waals surface area contributed by atoms with Crippen molar-refractivity contribution in [3.05, 3.63) is 82.6 Å². The van der Waals surface area contributed by atoms with Crippen LogP contribution in [0.2, 0.25) is 0 Å². The highest BCUT2D eigenvalue weighted by atomic mass is 16.5. The molecule has 0 aliphatic carbocycles. The van der Waals surface area contributed by atoms with Crippen LogP contribution in [0.15, 0.2) is 70.1 Å². The van der Waals surface area contributed by atoms with E-state index in [1.807, 2.05) is 37.3 Å². The monoisotopic (exact) mass is 521 g/mol. The molecule has 4 heterocycles. The number of pyridine rings is 1. The van der Waals surface area contributed by atoms with Gasteiger partial charge in [-0.15, -0.1) is 0 Å². The maximum Gasteiger partial charge on any atom is 0.260 e. The number of hydrogen-bond acceptors (Lipinski definition) is 8. The third-order valence-corrected chi connectivity index (χ3v) is 7.48. The van der Waals surface area contributed by atoms with E-state index in [1.165, 1.54) is 18.4 Å². The second-order valence-corrected chi connectivity index (χ2v) is 10.1. The molecule has 1 aliphatic heterocycles. The van der Waals surface area contributed by atoms with E-state index in [9.17, 15) is 4.79 Å². The summed E-state index contributed by atoms with van der Waals surface area (Å²) in [7, 11) is 2.18. The molecule has 6 rings (SSSR count). The first-order chi connectivity index (χ1) is 19.0. The highest BCUT2D eigenvalue weighted by Crippen LogP contribution is 2.29. The second kappa shape index (κ2) is 10.4. The number of aryl methyl sites for hydroxylation is 2. The van der Waals surface area contributed by atoms with Crippen LogP contribution >= 0.6 is 0 Å². The number of aromatic nitrogens is 5. The van der Waals surface area contributed by atoms with Gasteiger partial charge >= 0.3 is 0 Å². The van der Waals surface area contributed by atoms with E-state index in [-0.39, 0.29) is 5.56 Å². The number of nitrogens with one attached hydrogen (secondary N) is 1. The van der Waals surface area contributed by atoms with Gasteiger partial charge in [0.15, 0.2) is 0 Å². The van der Waals surface area contributed by atoms with E-state index in [2.05, 4.69) is 56.7 Å². The molecule has 3 aromatic heterocycles. The van der Waals surface area contributed by atoms with E-state index in [4.69, 9.17) is 9.51 Å². The van der Waals surface area contributed by atoms with Crippen molar-refractivity contribution in [1.82, 2.24) is 29.6 Å². The standard InChI is InChI=1S/C30H31N7O2/c1-4-37-28-24(17-26(29(37)38)22-5-7-23(8-6-22)27-32-19(2)39-35-27)18-31-30(34-28)33-25-11-9-20(10-12-25)21-13-15-36(3)16-14-21/h5-12,17-18,21H,4,13-16H2,1-3H3,(H,31,33,34). The zero-order chi connectivity index (χ0) is 26.9. The van der Waals surface area contributed by atoms with Crippen molar-refractivity contribution >= 4 is 22.7 Å². The van der Waals surface area contributed by atoms with Crippen LogP contribution in [0.3, 0.4) is 0 Å². The average Bonchev–Trinajstić information content (AvgIpc) is 3.40. The van der Waals surface area contributed by atoms with Gasteiger partial charge in [0.05, 0.1) is 0 Å². The predicted molar refractivity (Wildman–Crippen MR) is 152 cm³/mol. The lowest BCUT2D eigenvalue weighted by Gasteiger charge is -2.29. The Balaban J connectivity index is 1.26. The number of benzene rings is 2. The molecule has 5 aromatic rings. The number of hydrogen-bond donors (Lipinski definition) is 1. The summed E-state index contributed by atoms with van der Waals surface area (Å²) in [4.78, 5) is 29.4. The molecule has 0 spiro atoms. The number of piperidine rings is 1. The van der Waals surface area contributed by atoms with Crippen molar-refractivity contribution in [2.45, 2.75) is 39.2 Å². The summed E-state index contributed by atoms with van der Waals surface area (Å²) < 4.78 is 6.77. The van der Waals surface area contributed by atoms with Crippen LogP contribution < -0.4 is 10.9 Å². The zero-order valence-electron chi connectivity index (χ0n) is 22.4. The number of anilines is 2. The summed E-state index contributed by atoms with van der Waals surface area (Å²) in [5.41, 5.74) is 5.02. The van der Waals surface area contributed by atoms with Crippen molar-refractivity contribution in [2.24, 2.45) is 0 Å². The Hall–Kier alpha value is -4.37. The summed E-state index contributed by atoms with van der Waals surface area (Å²) >= 11 is 0. The average molecular weight is 522 g/mol. The molecule has 0 radical (unpaired) electrons. The van der Waals surface area contributed by atoms with Gasteiger partial charge in [0.2, 0.25) is 17.7 Å². The summed E-state index contributed by atoms with van der Waals surface area (Å²) in [6.45, 7) is 6.47. The minimum absolute atomic E-state index is 0.0970. The van der Waals surface area contributed by atoms with E-state index in [0.29, 0.717) is 41.3 Å². The van der Waals surface area contributed by atoms with E-state index in [0.717, 1.165) is 35.3 Å². The first kappa shape index (κ1) is 24.9. The molecular weight excluding hydrogens is 490 g/mol. The third kappa shape index (κ3) is 5.05. The second-order valence-electron chi connectivity index (χ2n) is 10.1. The molecule has 1 saturated heterocycles. The smallest absolute Gasteiger partial charge is 0.260 e. The highest BCUT2D eigenvalue weighted by molar-refractivity contribution is 5.82. The first-order valence-electron chi connectivity index (χ1n) is 13.4. The highest BCUT2D eigenvalue weighted by Gasteiger charge is 2.18. The van der Waals surface area contributed by atoms with Crippen LogP contribution in [-0.2, 0) is 6.54 Å². The van der Waals surface area contributed by atoms with Crippen LogP contribution in [0.4, 0.5) is 11.6 Å². The van der Waals surface area contributed by atoms with Crippen LogP contribution in [0, 0.1) is 6.92 Å². The van der Waals surface area contributed by atoms with Gasteiger partial charge in [-0.25, -0.2) is 4.98 Å². The SMILES string of the molecule is CCn1c(=O)c(-c2ccc(-c3noc(C)n3)cc2)cc2cnc(Nc3ccc(C4CCN(C)CC4)cc3)nc21. The van der Waals surface area contributed by atoms with Crippen LogP contribution in [0.1, 0.15) is 37.1 Å². The van der Waals surface area contributed by atoms with E-state index >= 15 is 0 Å². The topological polar surface area (TPSA) is 102 Å². The molecule has 1 aliphatic rings. The fourth-order valence-electron chi connectivity index (χ4n) is 5.24. The fraction of sp³-hybridized carbons (Fsp3) is 0.300. The molecule has 198 valence electrons. The predicted octanol–water partition coefficient (Wildman–Crippen LogP) is 5.39. The summed E-state index contributed by atoms with van der Waals surface area (Å²) in [5.74, 6) is 2.10. The molecule has 0 amide bonds. The van der Waals surface area contributed by atoms with Gasteiger partial charge < -0.3 is 14.7 Å². The number of rotatable bonds is 6. The Labute approximate surface area is 226 Å². The Morgan fingerprint density at radius 3 is 2.38 bits per heavy atom. The van der Waals surface area contributed by atoms with E-state index in [1.54, 1.807) is 17.7 Å². The molecule has 9 nitrogen and oxygen atoms in total. The van der Waals surface area contributed by atoms with Crippen molar-refractivity contribution in [1.29, 1.82) is 0 Å². The minimum atomic E-state index is -0.0970. The molecular formula is C30H31N7O2. The lowest BCUT2D eigenvalue weighted by molar-refractivity contribution is 0.255. The molecule has 0 bridgehead atoms. The molecule has 1 N–H and O–H groups in total. The number of nitrogens with zero attached hydrogens (tertiary/aromatic N) is 6. The molecule has 1 fully saturated rings. The zero-order valence-corrected chi connectivity index (χ0v) is 22.4. The van der Waals surface area contributed by atoms with Gasteiger partial charge in [-0.2, -0.15) is 9.97 Å². The first-order valence-corrected chi connectivity index (χ1v) is 13.4. The largest absolute Gasteiger partial charge is 0.339 e. The molecule has 39 heavy (non-hydrogen) atoms. The van der Waals surface area contributed by atoms with Gasteiger partial charge in [-0.05, 0) is 75.1 Å². The maximum atomic E-state index is 13.5. The van der Waals surface area contributed by atoms with Gasteiger partial charge in [-0.1, -0.05) is 41.6 Å². The normalized spacial score (nSPS) is 14.6. The maximum absolute atomic E-state index is 13.5. The van der Waals surface area contributed by atoms with E-state index < -0.39 is 0 Å². The molecule has 0 unspecified atom stereocenters. The summed E-state index contributed by atoms with van der Waals surface area (Å²) in [5, 5.41) is 8.07. The summed E-state index contributed by atoms with van der Waals surface area (Å²) in [6.07, 6.45) is 4.15. The Bertz CT molecular complexity index is 1670. The number of fused-ring (bicyclic) bond motifs is 1. The fourth-order valence-corrected chi connectivity index (χ4v) is 5.24. The van der Waals surface area contributed by atoms with Crippen molar-refractivity contribution < 1.29 is 4.52 Å². The van der Waals surface area contributed by atoms with Crippen LogP contribution in [-0.4, -0.2) is 49.7 Å². The Morgan fingerprint density at radius 1 is 1.00 bits per heavy atom. The molecule has 0 atom stereocenters. The minimum Gasteiger partial charge on any atom is -0.339 e. The molecule has 0 saturated carbocycles. The third-order valence-electron chi connectivity index (χ3n) is 7.48. The van der Waals surface area contributed by atoms with Crippen molar-refractivity contribution in [2.75, 3.05) is 25.5 Å². The number of likely N-dealkylation sites (tertiary alicyclic amines) is 1. The van der Waals surface area contributed by atoms with Crippen molar-refractivity contribution in [3.8, 4) is 22.5 Å². The lowest BCUT2D eigenvalue weighted by atomic mass is 9.89. The molecule has 2 aromatic carbocycles. The molecule has 9 heteroatoms. The van der Waals surface area contributed by atoms with Gasteiger partial charge in [0.25, 0.3) is 5.56 Å². The lowest BCUT2D eigenvalue weighted by Crippen LogP contribution is -2.29. The van der Waals surface area contributed by atoms with Gasteiger partial charge in [0.1, 0.15) is 5.65 Å². The van der Waals surface area contributed by atoms with Crippen LogP contribution in [0.25, 0.3) is 33.5 Å². The Morgan fingerprint density at radius 2 is 1.72 bits per heavy atom. The van der Waals surface area contributed by atoms with Crippen LogP contribution in [0.5, 0.6) is 0 Å². The quantitative estimate of drug-likeness (QED) is 0.317. The Kier molecular flexibility index (Phi) is 6.66. The summed E-state index contributed by atoms with van der Waals surface area (Å²) in [6, 6.07) is 18.0.